The third kappa shape index (κ3) is 2.39. The smallest absolute Gasteiger partial charge is 0.372 e. The van der Waals surface area contributed by atoms with Gasteiger partial charge in [-0.25, -0.2) is 9.59 Å². The molecule has 0 amide bonds. The van der Waals surface area contributed by atoms with Gasteiger partial charge in [0.25, 0.3) is 5.91 Å². The summed E-state index contributed by atoms with van der Waals surface area (Å²) < 4.78 is 10.0. The van der Waals surface area contributed by atoms with Crippen molar-refractivity contribution in [2.24, 2.45) is 5.92 Å². The summed E-state index contributed by atoms with van der Waals surface area (Å²) in [4.78, 5) is 34.0. The molecule has 88 valence electrons. The summed E-state index contributed by atoms with van der Waals surface area (Å²) in [6, 6.07) is 0. The average molecular weight is 227 g/mol. The molecule has 0 bridgehead atoms. The first-order chi connectivity index (χ1) is 7.47. The molecule has 0 saturated heterocycles. The zero-order valence-corrected chi connectivity index (χ0v) is 9.35. The summed E-state index contributed by atoms with van der Waals surface area (Å²) in [6.45, 7) is 5.09. The minimum Gasteiger partial charge on any atom is -0.462 e. The van der Waals surface area contributed by atoms with Crippen molar-refractivity contribution >= 4 is 11.9 Å². The Labute approximate surface area is 91.8 Å². The quantitative estimate of drug-likeness (QED) is 0.717. The van der Waals surface area contributed by atoms with Crippen molar-refractivity contribution in [3.63, 3.8) is 0 Å². The van der Waals surface area contributed by atoms with Crippen LogP contribution in [0.4, 0.5) is 0 Å². The lowest BCUT2D eigenvalue weighted by atomic mass is 10.2. The molecule has 0 atom stereocenters. The lowest BCUT2D eigenvalue weighted by molar-refractivity contribution is 0.0523. The Hall–Kier alpha value is -1.85. The molecule has 6 heteroatoms. The lowest BCUT2D eigenvalue weighted by Gasteiger charge is -2.00. The molecular weight excluding hydrogens is 214 g/mol. The molecule has 0 unspecified atom stereocenters. The topological polar surface area (TPSA) is 78.5 Å². The van der Waals surface area contributed by atoms with E-state index in [1.54, 1.807) is 20.8 Å². The lowest BCUT2D eigenvalue weighted by Crippen LogP contribution is -2.15. The fraction of sp³-hybridized carbons (Fsp3) is 0.500. The van der Waals surface area contributed by atoms with Gasteiger partial charge in [0, 0.05) is 5.92 Å². The number of carbonyl (C=O) groups excluding carboxylic acids is 2. The van der Waals surface area contributed by atoms with Crippen molar-refractivity contribution < 1.29 is 18.8 Å². The number of carbonyl (C=O) groups is 2. The maximum Gasteiger partial charge on any atom is 0.372 e. The maximum absolute atomic E-state index is 11.5. The van der Waals surface area contributed by atoms with Crippen LogP contribution in [-0.4, -0.2) is 23.2 Å². The normalized spacial score (nSPS) is 10.5. The predicted molar refractivity (Wildman–Crippen MR) is 54.4 cm³/mol. The summed E-state index contributed by atoms with van der Waals surface area (Å²) >= 11 is 0. The maximum atomic E-state index is 11.5. The number of aromatic nitrogens is 1. The number of hydrogen-bond acceptors (Lipinski definition) is 5. The van der Waals surface area contributed by atoms with Crippen molar-refractivity contribution in [2.45, 2.75) is 20.8 Å². The fourth-order valence-electron chi connectivity index (χ4n) is 1.04. The minimum absolute atomic E-state index is 0.154. The highest BCUT2D eigenvalue weighted by atomic mass is 16.5. The molecule has 0 spiro atoms. The van der Waals surface area contributed by atoms with Gasteiger partial charge in [-0.1, -0.05) is 13.8 Å². The highest BCUT2D eigenvalue weighted by Gasteiger charge is 2.20. The van der Waals surface area contributed by atoms with Gasteiger partial charge in [0.2, 0.25) is 0 Å². The van der Waals surface area contributed by atoms with Crippen LogP contribution in [0.3, 0.4) is 0 Å². The van der Waals surface area contributed by atoms with E-state index < -0.39 is 17.5 Å². The molecule has 0 saturated carbocycles. The van der Waals surface area contributed by atoms with Gasteiger partial charge in [-0.3, -0.25) is 4.79 Å². The third-order valence-electron chi connectivity index (χ3n) is 1.85. The molecule has 0 N–H and O–H groups in total. The van der Waals surface area contributed by atoms with E-state index in [1.807, 2.05) is 0 Å². The second-order valence-corrected chi connectivity index (χ2v) is 3.46. The van der Waals surface area contributed by atoms with Crippen molar-refractivity contribution in [1.82, 2.24) is 4.74 Å². The monoisotopic (exact) mass is 227 g/mol. The Morgan fingerprint density at radius 1 is 1.50 bits per heavy atom. The van der Waals surface area contributed by atoms with Gasteiger partial charge in [-0.05, 0) is 6.92 Å². The minimum atomic E-state index is -0.868. The SMILES string of the molecule is CCOC(=O)c1cn(C(=O)C(C)C)oc1=O. The van der Waals surface area contributed by atoms with E-state index in [1.165, 1.54) is 0 Å². The number of nitrogens with zero attached hydrogens (tertiary/aromatic N) is 1. The zero-order valence-electron chi connectivity index (χ0n) is 9.35. The van der Waals surface area contributed by atoms with E-state index in [2.05, 4.69) is 9.26 Å². The van der Waals surface area contributed by atoms with E-state index in [0.29, 0.717) is 0 Å². The van der Waals surface area contributed by atoms with Gasteiger partial charge < -0.3 is 9.26 Å². The molecule has 0 aliphatic carbocycles. The molecule has 0 aliphatic rings. The highest BCUT2D eigenvalue weighted by Crippen LogP contribution is 2.02. The van der Waals surface area contributed by atoms with Crippen LogP contribution >= 0.6 is 0 Å². The number of hydrogen-bond donors (Lipinski definition) is 0. The summed E-state index contributed by atoms with van der Waals surface area (Å²) in [5.41, 5.74) is -1.14. The van der Waals surface area contributed by atoms with E-state index >= 15 is 0 Å². The van der Waals surface area contributed by atoms with Crippen LogP contribution in [-0.2, 0) is 4.74 Å². The van der Waals surface area contributed by atoms with Crippen LogP contribution in [0, 0.1) is 5.92 Å². The number of ether oxygens (including phenoxy) is 1. The molecule has 0 aliphatic heterocycles. The molecule has 0 radical (unpaired) electrons. The third-order valence-corrected chi connectivity index (χ3v) is 1.85. The van der Waals surface area contributed by atoms with Gasteiger partial charge in [0.15, 0.2) is 5.56 Å². The molecule has 16 heavy (non-hydrogen) atoms. The van der Waals surface area contributed by atoms with Crippen molar-refractivity contribution in [3.05, 3.63) is 22.2 Å². The Morgan fingerprint density at radius 2 is 2.12 bits per heavy atom. The number of esters is 1. The van der Waals surface area contributed by atoms with Gasteiger partial charge in [-0.2, -0.15) is 0 Å². The largest absolute Gasteiger partial charge is 0.462 e. The molecule has 1 rings (SSSR count). The summed E-state index contributed by atoms with van der Waals surface area (Å²) in [5.74, 6) is -1.51. The van der Waals surface area contributed by atoms with E-state index in [4.69, 9.17) is 0 Å². The second kappa shape index (κ2) is 4.78. The zero-order chi connectivity index (χ0) is 12.3. The predicted octanol–water partition coefficient (Wildman–Crippen LogP) is 0.914. The molecule has 0 fully saturated rings. The Bertz CT molecular complexity index is 454. The van der Waals surface area contributed by atoms with E-state index in [0.717, 1.165) is 10.9 Å². The van der Waals surface area contributed by atoms with Crippen LogP contribution < -0.4 is 5.63 Å². The second-order valence-electron chi connectivity index (χ2n) is 3.46. The fourth-order valence-corrected chi connectivity index (χ4v) is 1.04. The molecule has 1 aromatic heterocycles. The van der Waals surface area contributed by atoms with E-state index in [-0.39, 0.29) is 18.1 Å². The average Bonchev–Trinajstić information content (AvgIpc) is 2.59. The summed E-state index contributed by atoms with van der Waals surface area (Å²) in [5, 5.41) is 0. The molecule has 1 aromatic rings. The molecule has 6 nitrogen and oxygen atoms in total. The van der Waals surface area contributed by atoms with Crippen molar-refractivity contribution in [3.8, 4) is 0 Å². The van der Waals surface area contributed by atoms with Crippen LogP contribution in [0.1, 0.15) is 35.9 Å². The van der Waals surface area contributed by atoms with Gasteiger partial charge in [0.05, 0.1) is 12.8 Å². The Balaban J connectivity index is 3.03. The van der Waals surface area contributed by atoms with Crippen molar-refractivity contribution in [1.29, 1.82) is 0 Å². The van der Waals surface area contributed by atoms with E-state index in [9.17, 15) is 14.4 Å². The highest BCUT2D eigenvalue weighted by molar-refractivity contribution is 5.89. The Kier molecular flexibility index (Phi) is 3.65. The first kappa shape index (κ1) is 12.2. The van der Waals surface area contributed by atoms with Crippen molar-refractivity contribution in [2.75, 3.05) is 6.61 Å². The first-order valence-electron chi connectivity index (χ1n) is 4.91. The van der Waals surface area contributed by atoms with Gasteiger partial charge >= 0.3 is 11.6 Å². The van der Waals surface area contributed by atoms with Gasteiger partial charge in [-0.15, -0.1) is 4.74 Å². The standard InChI is InChI=1S/C10H13NO5/c1-4-15-9(13)7-5-11(16-10(7)14)8(12)6(2)3/h5-6H,4H2,1-3H3. The van der Waals surface area contributed by atoms with Gasteiger partial charge in [0.1, 0.15) is 0 Å². The summed E-state index contributed by atoms with van der Waals surface area (Å²) in [7, 11) is 0. The van der Waals surface area contributed by atoms with Crippen LogP contribution in [0.2, 0.25) is 0 Å². The van der Waals surface area contributed by atoms with Crippen LogP contribution in [0.15, 0.2) is 15.5 Å². The molecule has 1 heterocycles. The summed E-state index contributed by atoms with van der Waals surface area (Å²) in [6.07, 6.45) is 1.06. The van der Waals surface area contributed by atoms with Crippen LogP contribution in [0.25, 0.3) is 0 Å². The van der Waals surface area contributed by atoms with Crippen LogP contribution in [0.5, 0.6) is 0 Å². The molecule has 0 aromatic carbocycles. The molecular formula is C10H13NO5. The number of rotatable bonds is 3. The Morgan fingerprint density at radius 3 is 2.62 bits per heavy atom. The first-order valence-corrected chi connectivity index (χ1v) is 4.91.